The van der Waals surface area contributed by atoms with Crippen molar-refractivity contribution in [1.29, 1.82) is 0 Å². The zero-order chi connectivity index (χ0) is 6.43. The van der Waals surface area contributed by atoms with E-state index >= 15 is 0 Å². The third-order valence-electron chi connectivity index (χ3n) is 2.74. The predicted octanol–water partition coefficient (Wildman–Crippen LogP) is 0.00450. The largest absolute Gasteiger partial charge is 0.303 e. The number of likely N-dealkylation sites (N-methyl/N-ethyl adjacent to an activating group) is 2. The average Bonchev–Trinajstić information content (AvgIpc) is 1.87. The molecule has 0 aliphatic carbocycles. The summed E-state index contributed by atoms with van der Waals surface area (Å²) in [5, 5.41) is 0. The number of hydrogen-bond donors (Lipinski definition) is 0. The molecule has 3 fully saturated rings. The molecule has 52 valence electrons. The van der Waals surface area contributed by atoms with Crippen LogP contribution in [0.1, 0.15) is 6.42 Å². The molecule has 3 aliphatic rings. The van der Waals surface area contributed by atoms with Crippen LogP contribution in [-0.2, 0) is 0 Å². The molecule has 0 radical (unpaired) electrons. The topological polar surface area (TPSA) is 6.48 Å². The van der Waals surface area contributed by atoms with Gasteiger partial charge in [0.05, 0.1) is 0 Å². The SMILES string of the molecule is CN1CC2CC(C1)N2C. The van der Waals surface area contributed by atoms with Crippen LogP contribution in [0.5, 0.6) is 0 Å². The van der Waals surface area contributed by atoms with Crippen LogP contribution in [-0.4, -0.2) is 49.1 Å². The number of nitrogens with zero attached hydrogens (tertiary/aromatic N) is 2. The van der Waals surface area contributed by atoms with Gasteiger partial charge in [0.1, 0.15) is 0 Å². The minimum absolute atomic E-state index is 0.883. The van der Waals surface area contributed by atoms with Gasteiger partial charge in [-0.25, -0.2) is 0 Å². The maximum atomic E-state index is 2.50. The number of hydrogen-bond acceptors (Lipinski definition) is 2. The molecule has 2 unspecified atom stereocenters. The van der Waals surface area contributed by atoms with E-state index in [0.29, 0.717) is 0 Å². The van der Waals surface area contributed by atoms with E-state index in [0.717, 1.165) is 12.1 Å². The lowest BCUT2D eigenvalue weighted by atomic mass is 9.89. The third-order valence-corrected chi connectivity index (χ3v) is 2.74. The Labute approximate surface area is 56.4 Å². The number of piperidine rings is 1. The number of rotatable bonds is 0. The lowest BCUT2D eigenvalue weighted by molar-refractivity contribution is -0.0408. The van der Waals surface area contributed by atoms with Crippen LogP contribution in [0.15, 0.2) is 0 Å². The molecule has 0 spiro atoms. The fourth-order valence-electron chi connectivity index (χ4n) is 2.01. The summed E-state index contributed by atoms with van der Waals surface area (Å²) in [5.41, 5.74) is 0. The Kier molecular flexibility index (Phi) is 1.08. The Hall–Kier alpha value is -0.0800. The van der Waals surface area contributed by atoms with Gasteiger partial charge in [-0.1, -0.05) is 0 Å². The Morgan fingerprint density at radius 1 is 1.11 bits per heavy atom. The molecule has 0 aromatic heterocycles. The van der Waals surface area contributed by atoms with E-state index in [1.807, 2.05) is 0 Å². The molecule has 0 aromatic rings. The highest BCUT2D eigenvalue weighted by Crippen LogP contribution is 2.28. The first-order chi connectivity index (χ1) is 4.27. The maximum Gasteiger partial charge on any atom is 0.0238 e. The van der Waals surface area contributed by atoms with Crippen LogP contribution in [0, 0.1) is 0 Å². The van der Waals surface area contributed by atoms with Gasteiger partial charge in [-0.3, -0.25) is 4.90 Å². The Morgan fingerprint density at radius 2 is 1.67 bits per heavy atom. The van der Waals surface area contributed by atoms with Gasteiger partial charge in [0.25, 0.3) is 0 Å². The van der Waals surface area contributed by atoms with E-state index < -0.39 is 0 Å². The van der Waals surface area contributed by atoms with E-state index in [4.69, 9.17) is 0 Å². The number of fused-ring (bicyclic) bond motifs is 2. The lowest BCUT2D eigenvalue weighted by Gasteiger charge is -2.54. The second-order valence-electron chi connectivity index (χ2n) is 3.43. The molecule has 3 saturated heterocycles. The molecule has 2 atom stereocenters. The second-order valence-corrected chi connectivity index (χ2v) is 3.43. The normalized spacial score (nSPS) is 44.7. The summed E-state index contributed by atoms with van der Waals surface area (Å²) in [6.45, 7) is 2.57. The van der Waals surface area contributed by atoms with Crippen molar-refractivity contribution in [3.63, 3.8) is 0 Å². The third kappa shape index (κ3) is 0.700. The molecule has 0 N–H and O–H groups in total. The van der Waals surface area contributed by atoms with Gasteiger partial charge in [-0.05, 0) is 20.5 Å². The van der Waals surface area contributed by atoms with Crippen molar-refractivity contribution < 1.29 is 0 Å². The smallest absolute Gasteiger partial charge is 0.0238 e. The Bertz CT molecular complexity index is 112. The summed E-state index contributed by atoms with van der Waals surface area (Å²) in [5.74, 6) is 0. The molecular formula is C7H14N2. The highest BCUT2D eigenvalue weighted by Gasteiger charge is 2.40. The molecule has 3 aliphatic heterocycles. The van der Waals surface area contributed by atoms with Crippen LogP contribution in [0.4, 0.5) is 0 Å². The highest BCUT2D eigenvalue weighted by molar-refractivity contribution is 4.97. The standard InChI is InChI=1S/C7H14N2/c1-8-4-6-3-7(5-8)9(6)2/h6-7H,3-5H2,1-2H3. The van der Waals surface area contributed by atoms with E-state index in [-0.39, 0.29) is 0 Å². The quantitative estimate of drug-likeness (QED) is 0.451. The van der Waals surface area contributed by atoms with E-state index in [1.165, 1.54) is 19.5 Å². The van der Waals surface area contributed by atoms with Crippen LogP contribution in [0.3, 0.4) is 0 Å². The first-order valence-electron chi connectivity index (χ1n) is 3.68. The van der Waals surface area contributed by atoms with Crippen molar-refractivity contribution in [1.82, 2.24) is 9.80 Å². The first-order valence-corrected chi connectivity index (χ1v) is 3.68. The van der Waals surface area contributed by atoms with Gasteiger partial charge in [-0.2, -0.15) is 0 Å². The lowest BCUT2D eigenvalue weighted by Crippen LogP contribution is -2.66. The minimum Gasteiger partial charge on any atom is -0.303 e. The van der Waals surface area contributed by atoms with Gasteiger partial charge in [0.2, 0.25) is 0 Å². The van der Waals surface area contributed by atoms with Crippen molar-refractivity contribution >= 4 is 0 Å². The molecule has 0 saturated carbocycles. The summed E-state index contributed by atoms with van der Waals surface area (Å²) in [4.78, 5) is 4.93. The first kappa shape index (κ1) is 5.69. The van der Waals surface area contributed by atoms with Gasteiger partial charge in [-0.15, -0.1) is 0 Å². The predicted molar refractivity (Wildman–Crippen MR) is 37.5 cm³/mol. The van der Waals surface area contributed by atoms with Crippen LogP contribution in [0.25, 0.3) is 0 Å². The van der Waals surface area contributed by atoms with Crippen molar-refractivity contribution in [3.8, 4) is 0 Å². The molecule has 3 heterocycles. The molecule has 9 heavy (non-hydrogen) atoms. The maximum absolute atomic E-state index is 2.50. The molecular weight excluding hydrogens is 112 g/mol. The van der Waals surface area contributed by atoms with Crippen molar-refractivity contribution in [3.05, 3.63) is 0 Å². The van der Waals surface area contributed by atoms with Crippen molar-refractivity contribution in [2.24, 2.45) is 0 Å². The van der Waals surface area contributed by atoms with Gasteiger partial charge >= 0.3 is 0 Å². The van der Waals surface area contributed by atoms with Crippen LogP contribution >= 0.6 is 0 Å². The summed E-state index contributed by atoms with van der Waals surface area (Å²) >= 11 is 0. The number of piperazine rings is 1. The second kappa shape index (κ2) is 1.70. The summed E-state index contributed by atoms with van der Waals surface area (Å²) in [6.07, 6.45) is 1.45. The van der Waals surface area contributed by atoms with Crippen molar-refractivity contribution in [2.75, 3.05) is 27.2 Å². The van der Waals surface area contributed by atoms with E-state index in [2.05, 4.69) is 23.9 Å². The highest BCUT2D eigenvalue weighted by atomic mass is 15.3. The minimum atomic E-state index is 0.883. The fourth-order valence-corrected chi connectivity index (χ4v) is 2.01. The van der Waals surface area contributed by atoms with Crippen molar-refractivity contribution in [2.45, 2.75) is 18.5 Å². The van der Waals surface area contributed by atoms with E-state index in [1.54, 1.807) is 0 Å². The fraction of sp³-hybridized carbons (Fsp3) is 1.00. The zero-order valence-electron chi connectivity index (χ0n) is 6.17. The van der Waals surface area contributed by atoms with Gasteiger partial charge in [0.15, 0.2) is 0 Å². The van der Waals surface area contributed by atoms with Crippen LogP contribution in [0.2, 0.25) is 0 Å². The zero-order valence-corrected chi connectivity index (χ0v) is 6.17. The monoisotopic (exact) mass is 126 g/mol. The Morgan fingerprint density at radius 3 is 2.00 bits per heavy atom. The van der Waals surface area contributed by atoms with Gasteiger partial charge in [0, 0.05) is 25.2 Å². The Balaban J connectivity index is 2.01. The van der Waals surface area contributed by atoms with Crippen LogP contribution < -0.4 is 0 Å². The molecule has 0 aromatic carbocycles. The van der Waals surface area contributed by atoms with Gasteiger partial charge < -0.3 is 4.90 Å². The molecule has 2 nitrogen and oxygen atoms in total. The average molecular weight is 126 g/mol. The molecule has 2 bridgehead atoms. The van der Waals surface area contributed by atoms with E-state index in [9.17, 15) is 0 Å². The summed E-state index contributed by atoms with van der Waals surface area (Å²) in [6, 6.07) is 1.77. The summed E-state index contributed by atoms with van der Waals surface area (Å²) < 4.78 is 0. The molecule has 3 rings (SSSR count). The summed E-state index contributed by atoms with van der Waals surface area (Å²) in [7, 11) is 4.46. The molecule has 2 heteroatoms. The molecule has 0 amide bonds.